The molecule has 0 aliphatic rings. The molecule has 78 valence electrons. The highest BCUT2D eigenvalue weighted by atomic mass is 14.9. The summed E-state index contributed by atoms with van der Waals surface area (Å²) in [4.78, 5) is 0. The van der Waals surface area contributed by atoms with Gasteiger partial charge in [0.25, 0.3) is 0 Å². The summed E-state index contributed by atoms with van der Waals surface area (Å²) < 4.78 is 2.42. The maximum absolute atomic E-state index is 2.42. The van der Waals surface area contributed by atoms with Gasteiger partial charge in [-0.2, -0.15) is 0 Å². The van der Waals surface area contributed by atoms with Gasteiger partial charge in [0.2, 0.25) is 7.41 Å². The molecule has 0 unspecified atom stereocenters. The van der Waals surface area contributed by atoms with Crippen molar-refractivity contribution in [3.05, 3.63) is 48.5 Å². The van der Waals surface area contributed by atoms with Gasteiger partial charge in [-0.15, -0.1) is 0 Å². The van der Waals surface area contributed by atoms with E-state index in [0.717, 1.165) is 7.41 Å². The van der Waals surface area contributed by atoms with Crippen LogP contribution in [-0.2, 0) is 0 Å². The number of para-hydroxylation sites is 2. The fourth-order valence-electron chi connectivity index (χ4n) is 2.47. The molecule has 0 amide bonds. The van der Waals surface area contributed by atoms with Gasteiger partial charge in [-0.1, -0.05) is 49.6 Å². The highest BCUT2D eigenvalue weighted by Gasteiger charge is 2.08. The molecule has 3 rings (SSSR count). The lowest BCUT2D eigenvalue weighted by Crippen LogP contribution is -2.03. The molecule has 3 aromatic rings. The quantitative estimate of drug-likeness (QED) is 0.567. The average molecular weight is 207 g/mol. The van der Waals surface area contributed by atoms with Gasteiger partial charge in [0.15, 0.2) is 0 Å². The monoisotopic (exact) mass is 207 g/mol. The first-order chi connectivity index (χ1) is 7.92. The molecule has 0 radical (unpaired) electrons. The van der Waals surface area contributed by atoms with E-state index in [1.165, 1.54) is 28.1 Å². The van der Waals surface area contributed by atoms with Crippen molar-refractivity contribution in [2.45, 2.75) is 13.2 Å². The van der Waals surface area contributed by atoms with Crippen molar-refractivity contribution >= 4 is 29.2 Å². The average Bonchev–Trinajstić information content (AvgIpc) is 2.66. The van der Waals surface area contributed by atoms with Crippen LogP contribution in [0.2, 0.25) is 6.32 Å². The largest absolute Gasteiger partial charge is 0.389 e. The second kappa shape index (κ2) is 3.71. The summed E-state index contributed by atoms with van der Waals surface area (Å²) in [5.41, 5.74) is 2.70. The minimum atomic E-state index is 1.09. The van der Waals surface area contributed by atoms with Crippen LogP contribution in [0.5, 0.6) is 0 Å². The van der Waals surface area contributed by atoms with Crippen molar-refractivity contribution in [1.82, 2.24) is 4.48 Å². The smallest absolute Gasteiger partial charge is 0.242 e. The Labute approximate surface area is 96.0 Å². The lowest BCUT2D eigenvalue weighted by atomic mass is 9.89. The van der Waals surface area contributed by atoms with Gasteiger partial charge in [-0.3, -0.25) is 0 Å². The Morgan fingerprint density at radius 2 is 1.38 bits per heavy atom. The van der Waals surface area contributed by atoms with E-state index in [4.69, 9.17) is 0 Å². The van der Waals surface area contributed by atoms with Gasteiger partial charge < -0.3 is 4.48 Å². The maximum Gasteiger partial charge on any atom is 0.242 e. The zero-order valence-electron chi connectivity index (χ0n) is 9.48. The first-order valence-electron chi connectivity index (χ1n) is 5.88. The molecule has 1 heterocycles. The summed E-state index contributed by atoms with van der Waals surface area (Å²) >= 11 is 0. The predicted molar refractivity (Wildman–Crippen MR) is 72.5 cm³/mol. The number of fused-ring (bicyclic) bond motifs is 3. The standard InChI is InChI=1S/C14H14BN/c1-2-15-16-13-9-5-3-7-11(13)12-8-4-6-10-14(12)16/h3-10,15H,2H2,1H3. The van der Waals surface area contributed by atoms with E-state index < -0.39 is 0 Å². The molecule has 0 saturated carbocycles. The van der Waals surface area contributed by atoms with Crippen LogP contribution in [0.1, 0.15) is 6.92 Å². The van der Waals surface area contributed by atoms with Crippen molar-refractivity contribution in [2.24, 2.45) is 0 Å². The van der Waals surface area contributed by atoms with Crippen LogP contribution < -0.4 is 0 Å². The first kappa shape index (κ1) is 9.53. The molecule has 0 saturated heterocycles. The van der Waals surface area contributed by atoms with Gasteiger partial charge in [0.1, 0.15) is 0 Å². The van der Waals surface area contributed by atoms with Crippen LogP contribution >= 0.6 is 0 Å². The molecule has 0 atom stereocenters. The van der Waals surface area contributed by atoms with Gasteiger partial charge in [0.05, 0.1) is 0 Å². The van der Waals surface area contributed by atoms with Crippen molar-refractivity contribution in [3.8, 4) is 0 Å². The molecule has 0 spiro atoms. The molecule has 0 N–H and O–H groups in total. The zero-order valence-corrected chi connectivity index (χ0v) is 9.48. The Balaban J connectivity index is 2.49. The van der Waals surface area contributed by atoms with E-state index in [0.29, 0.717) is 0 Å². The van der Waals surface area contributed by atoms with Gasteiger partial charge in [0, 0.05) is 21.8 Å². The Bertz CT molecular complexity index is 586. The Morgan fingerprint density at radius 3 is 1.88 bits per heavy atom. The summed E-state index contributed by atoms with van der Waals surface area (Å²) in [6, 6.07) is 17.3. The number of rotatable bonds is 2. The summed E-state index contributed by atoms with van der Waals surface area (Å²) in [6.07, 6.45) is 1.17. The van der Waals surface area contributed by atoms with Gasteiger partial charge in [-0.25, -0.2) is 0 Å². The Kier molecular flexibility index (Phi) is 2.21. The first-order valence-corrected chi connectivity index (χ1v) is 5.88. The van der Waals surface area contributed by atoms with Crippen molar-refractivity contribution in [3.63, 3.8) is 0 Å². The lowest BCUT2D eigenvalue weighted by molar-refractivity contribution is 1.29. The van der Waals surface area contributed by atoms with Crippen molar-refractivity contribution in [2.75, 3.05) is 0 Å². The van der Waals surface area contributed by atoms with Crippen LogP contribution in [0.4, 0.5) is 0 Å². The van der Waals surface area contributed by atoms with E-state index in [-0.39, 0.29) is 0 Å². The molecular formula is C14H14BN. The van der Waals surface area contributed by atoms with Crippen LogP contribution in [0, 0.1) is 0 Å². The van der Waals surface area contributed by atoms with E-state index >= 15 is 0 Å². The van der Waals surface area contributed by atoms with E-state index in [1.807, 2.05) is 0 Å². The highest BCUT2D eigenvalue weighted by molar-refractivity contribution is 6.39. The molecule has 2 aromatic carbocycles. The number of nitrogens with zero attached hydrogens (tertiary/aromatic N) is 1. The third-order valence-corrected chi connectivity index (χ3v) is 3.13. The minimum Gasteiger partial charge on any atom is -0.389 e. The van der Waals surface area contributed by atoms with E-state index in [9.17, 15) is 0 Å². The van der Waals surface area contributed by atoms with Gasteiger partial charge >= 0.3 is 0 Å². The number of hydrogen-bond acceptors (Lipinski definition) is 0. The zero-order chi connectivity index (χ0) is 11.0. The third-order valence-electron chi connectivity index (χ3n) is 3.13. The molecule has 1 nitrogen and oxygen atoms in total. The predicted octanol–water partition coefficient (Wildman–Crippen LogP) is 3.43. The molecule has 0 fully saturated rings. The van der Waals surface area contributed by atoms with Crippen LogP contribution in [0.25, 0.3) is 21.8 Å². The fourth-order valence-corrected chi connectivity index (χ4v) is 2.47. The molecule has 0 bridgehead atoms. The van der Waals surface area contributed by atoms with Crippen LogP contribution in [0.15, 0.2) is 48.5 Å². The molecule has 0 aliphatic heterocycles. The maximum atomic E-state index is 2.42. The lowest BCUT2D eigenvalue weighted by Gasteiger charge is -2.03. The number of benzene rings is 2. The molecule has 1 aromatic heterocycles. The summed E-state index contributed by atoms with van der Waals surface area (Å²) in [7, 11) is 1.09. The molecule has 16 heavy (non-hydrogen) atoms. The normalized spacial score (nSPS) is 11.1. The van der Waals surface area contributed by atoms with E-state index in [2.05, 4.69) is 59.9 Å². The molecular weight excluding hydrogens is 193 g/mol. The summed E-state index contributed by atoms with van der Waals surface area (Å²) in [5, 5.41) is 2.73. The minimum absolute atomic E-state index is 1.09. The highest BCUT2D eigenvalue weighted by Crippen LogP contribution is 2.27. The topological polar surface area (TPSA) is 4.93 Å². The van der Waals surface area contributed by atoms with Crippen LogP contribution in [0.3, 0.4) is 0 Å². The van der Waals surface area contributed by atoms with E-state index in [1.54, 1.807) is 0 Å². The number of aromatic nitrogens is 1. The second-order valence-electron chi connectivity index (χ2n) is 4.19. The number of hydrogen-bond donors (Lipinski definition) is 0. The fraction of sp³-hybridized carbons (Fsp3) is 0.143. The molecule has 0 aliphatic carbocycles. The Hall–Kier alpha value is -1.70. The summed E-state index contributed by atoms with van der Waals surface area (Å²) in [6.45, 7) is 2.23. The second-order valence-corrected chi connectivity index (χ2v) is 4.19. The summed E-state index contributed by atoms with van der Waals surface area (Å²) in [5.74, 6) is 0. The van der Waals surface area contributed by atoms with Crippen LogP contribution in [-0.4, -0.2) is 11.9 Å². The SMILES string of the molecule is CCBn1c2ccccc2c2ccccc21. The molecule has 2 heteroatoms. The third kappa shape index (κ3) is 1.26. The van der Waals surface area contributed by atoms with Crippen molar-refractivity contribution < 1.29 is 0 Å². The van der Waals surface area contributed by atoms with Crippen molar-refractivity contribution in [1.29, 1.82) is 0 Å². The Morgan fingerprint density at radius 1 is 0.875 bits per heavy atom. The van der Waals surface area contributed by atoms with Gasteiger partial charge in [-0.05, 0) is 12.1 Å².